The second-order valence-electron chi connectivity index (χ2n) is 7.18. The summed E-state index contributed by atoms with van der Waals surface area (Å²) in [5.74, 6) is 1.05. The van der Waals surface area contributed by atoms with E-state index >= 15 is 0 Å². The maximum Gasteiger partial charge on any atom is 0.106 e. The summed E-state index contributed by atoms with van der Waals surface area (Å²) >= 11 is 3.63. The zero-order valence-electron chi connectivity index (χ0n) is 15.5. The number of aliphatic imine (C=N–C) groups is 1. The molecule has 2 heterocycles. The third kappa shape index (κ3) is 3.56. The van der Waals surface area contributed by atoms with Gasteiger partial charge in [-0.1, -0.05) is 40.2 Å². The maximum atomic E-state index is 4.96. The van der Waals surface area contributed by atoms with Gasteiger partial charge >= 0.3 is 0 Å². The van der Waals surface area contributed by atoms with E-state index < -0.39 is 0 Å². The van der Waals surface area contributed by atoms with E-state index in [1.54, 1.807) is 0 Å². The number of halogens is 1. The van der Waals surface area contributed by atoms with Crippen LogP contribution in [0.25, 0.3) is 0 Å². The van der Waals surface area contributed by atoms with Crippen LogP contribution >= 0.6 is 15.9 Å². The second-order valence-corrected chi connectivity index (χ2v) is 8.10. The lowest BCUT2D eigenvalue weighted by Gasteiger charge is -2.34. The van der Waals surface area contributed by atoms with Crippen LogP contribution in [0.15, 0.2) is 51.9 Å². The Kier molecular flexibility index (Phi) is 5.11. The van der Waals surface area contributed by atoms with Crippen LogP contribution in [-0.4, -0.2) is 55.5 Å². The van der Waals surface area contributed by atoms with Crippen molar-refractivity contribution in [2.75, 3.05) is 44.8 Å². The Morgan fingerprint density at radius 1 is 1.00 bits per heavy atom. The summed E-state index contributed by atoms with van der Waals surface area (Å²) in [6, 6.07) is 15.2. The number of amidine groups is 1. The summed E-state index contributed by atoms with van der Waals surface area (Å²) in [4.78, 5) is 12.1. The van der Waals surface area contributed by atoms with E-state index in [9.17, 15) is 0 Å². The summed E-state index contributed by atoms with van der Waals surface area (Å²) in [6.45, 7) is 7.32. The molecule has 0 spiro atoms. The molecule has 0 atom stereocenters. The molecule has 2 aliphatic rings. The molecular weight excluding hydrogens is 388 g/mol. The standard InChI is InChI=1S/C21H25BrN4/c1-16(23-15-25-11-9-24(2)10-12-25)26-20-6-4-3-5-17(20)13-18-7-8-19(22)14-21(18)26/h3-8,14H,9-13,15H2,1-2H3. The number of fused-ring (bicyclic) bond motifs is 2. The van der Waals surface area contributed by atoms with Crippen molar-refractivity contribution in [3.05, 3.63) is 58.1 Å². The number of hydrogen-bond donors (Lipinski definition) is 0. The van der Waals surface area contributed by atoms with Gasteiger partial charge in [-0.05, 0) is 43.3 Å². The molecule has 1 saturated heterocycles. The van der Waals surface area contributed by atoms with Crippen LogP contribution < -0.4 is 4.90 Å². The van der Waals surface area contributed by atoms with Crippen molar-refractivity contribution in [1.82, 2.24) is 9.80 Å². The fraction of sp³-hybridized carbons (Fsp3) is 0.381. The first-order chi connectivity index (χ1) is 12.6. The monoisotopic (exact) mass is 412 g/mol. The molecule has 4 rings (SSSR count). The summed E-state index contributed by atoms with van der Waals surface area (Å²) in [7, 11) is 2.19. The second kappa shape index (κ2) is 7.51. The minimum atomic E-state index is 0.766. The van der Waals surface area contributed by atoms with Gasteiger partial charge in [-0.15, -0.1) is 0 Å². The molecule has 4 nitrogen and oxygen atoms in total. The molecule has 136 valence electrons. The summed E-state index contributed by atoms with van der Waals surface area (Å²) in [5, 5.41) is 0. The summed E-state index contributed by atoms with van der Waals surface area (Å²) in [6.07, 6.45) is 0.973. The first-order valence-corrected chi connectivity index (χ1v) is 9.99. The predicted molar refractivity (Wildman–Crippen MR) is 113 cm³/mol. The normalized spacial score (nSPS) is 18.6. The Hall–Kier alpha value is -1.69. The molecule has 5 heteroatoms. The molecule has 0 aliphatic carbocycles. The lowest BCUT2D eigenvalue weighted by molar-refractivity contribution is 0.158. The van der Waals surface area contributed by atoms with E-state index in [2.05, 4.69) is 87.1 Å². The highest BCUT2D eigenvalue weighted by Crippen LogP contribution is 2.40. The van der Waals surface area contributed by atoms with Crippen LogP contribution in [0.1, 0.15) is 18.1 Å². The van der Waals surface area contributed by atoms with Crippen LogP contribution in [0.3, 0.4) is 0 Å². The smallest absolute Gasteiger partial charge is 0.106 e. The fourth-order valence-electron chi connectivity index (χ4n) is 3.72. The topological polar surface area (TPSA) is 22.1 Å². The number of rotatable bonds is 2. The molecule has 2 aliphatic heterocycles. The quantitative estimate of drug-likeness (QED) is 0.547. The van der Waals surface area contributed by atoms with Crippen molar-refractivity contribution in [1.29, 1.82) is 0 Å². The van der Waals surface area contributed by atoms with Gasteiger partial charge in [-0.25, -0.2) is 0 Å². The molecule has 26 heavy (non-hydrogen) atoms. The molecule has 0 unspecified atom stereocenters. The minimum Gasteiger partial charge on any atom is -0.304 e. The van der Waals surface area contributed by atoms with E-state index in [0.29, 0.717) is 0 Å². The van der Waals surface area contributed by atoms with Gasteiger partial charge in [0, 0.05) is 37.1 Å². The number of anilines is 2. The first-order valence-electron chi connectivity index (χ1n) is 9.20. The van der Waals surface area contributed by atoms with Crippen molar-refractivity contribution in [2.24, 2.45) is 4.99 Å². The number of benzene rings is 2. The highest BCUT2D eigenvalue weighted by molar-refractivity contribution is 9.10. The van der Waals surface area contributed by atoms with E-state index in [0.717, 1.165) is 49.6 Å². The molecule has 0 amide bonds. The number of piperazine rings is 1. The lowest BCUT2D eigenvalue weighted by Crippen LogP contribution is -2.44. The summed E-state index contributed by atoms with van der Waals surface area (Å²) < 4.78 is 1.10. The molecule has 0 radical (unpaired) electrons. The van der Waals surface area contributed by atoms with Gasteiger partial charge in [0.25, 0.3) is 0 Å². The number of nitrogens with zero attached hydrogens (tertiary/aromatic N) is 4. The average Bonchev–Trinajstić information content (AvgIpc) is 2.65. The van der Waals surface area contributed by atoms with Gasteiger partial charge in [0.1, 0.15) is 5.84 Å². The minimum absolute atomic E-state index is 0.766. The largest absolute Gasteiger partial charge is 0.304 e. The van der Waals surface area contributed by atoms with Crippen molar-refractivity contribution < 1.29 is 0 Å². The fourth-order valence-corrected chi connectivity index (χ4v) is 4.07. The maximum absolute atomic E-state index is 4.96. The number of likely N-dealkylation sites (N-methyl/N-ethyl adjacent to an activating group) is 1. The molecule has 0 aromatic heterocycles. The van der Waals surface area contributed by atoms with E-state index in [4.69, 9.17) is 4.99 Å². The van der Waals surface area contributed by atoms with Crippen LogP contribution in [0, 0.1) is 0 Å². The Morgan fingerprint density at radius 2 is 1.73 bits per heavy atom. The molecule has 2 aromatic rings. The van der Waals surface area contributed by atoms with E-state index in [1.807, 2.05) is 0 Å². The molecule has 1 fully saturated rings. The highest BCUT2D eigenvalue weighted by atomic mass is 79.9. The lowest BCUT2D eigenvalue weighted by atomic mass is 9.95. The molecular formula is C21H25BrN4. The highest BCUT2D eigenvalue weighted by Gasteiger charge is 2.24. The van der Waals surface area contributed by atoms with E-state index in [-0.39, 0.29) is 0 Å². The molecule has 0 saturated carbocycles. The number of para-hydroxylation sites is 1. The Labute approximate surface area is 164 Å². The SMILES string of the molecule is CC(=NCN1CCN(C)CC1)N1c2ccccc2Cc2ccc(Br)cc21. The van der Waals surface area contributed by atoms with Gasteiger partial charge in [-0.2, -0.15) is 0 Å². The third-order valence-corrected chi connectivity index (χ3v) is 5.81. The van der Waals surface area contributed by atoms with Gasteiger partial charge < -0.3 is 4.90 Å². The van der Waals surface area contributed by atoms with Crippen molar-refractivity contribution >= 4 is 33.1 Å². The van der Waals surface area contributed by atoms with Gasteiger partial charge in [0.2, 0.25) is 0 Å². The zero-order valence-corrected chi connectivity index (χ0v) is 17.0. The summed E-state index contributed by atoms with van der Waals surface area (Å²) in [5.41, 5.74) is 5.19. The van der Waals surface area contributed by atoms with Crippen LogP contribution in [0.2, 0.25) is 0 Å². The van der Waals surface area contributed by atoms with Crippen LogP contribution in [-0.2, 0) is 6.42 Å². The van der Waals surface area contributed by atoms with Crippen molar-refractivity contribution in [3.63, 3.8) is 0 Å². The Balaban J connectivity index is 1.64. The molecule has 0 bridgehead atoms. The Morgan fingerprint density at radius 3 is 2.54 bits per heavy atom. The molecule has 2 aromatic carbocycles. The first kappa shape index (κ1) is 17.7. The van der Waals surface area contributed by atoms with Gasteiger partial charge in [0.05, 0.1) is 18.0 Å². The predicted octanol–water partition coefficient (Wildman–Crippen LogP) is 4.11. The number of hydrogen-bond acceptors (Lipinski definition) is 3. The average molecular weight is 413 g/mol. The zero-order chi connectivity index (χ0) is 18.1. The van der Waals surface area contributed by atoms with Crippen LogP contribution in [0.4, 0.5) is 11.4 Å². The van der Waals surface area contributed by atoms with Gasteiger partial charge in [-0.3, -0.25) is 14.8 Å². The van der Waals surface area contributed by atoms with Gasteiger partial charge in [0.15, 0.2) is 0 Å². The Bertz CT molecular complexity index is 825. The van der Waals surface area contributed by atoms with Crippen molar-refractivity contribution in [2.45, 2.75) is 13.3 Å². The molecule has 0 N–H and O–H groups in total. The van der Waals surface area contributed by atoms with Crippen LogP contribution in [0.5, 0.6) is 0 Å². The van der Waals surface area contributed by atoms with E-state index in [1.165, 1.54) is 22.5 Å². The van der Waals surface area contributed by atoms with Crippen molar-refractivity contribution in [3.8, 4) is 0 Å². The third-order valence-electron chi connectivity index (χ3n) is 5.32.